The lowest BCUT2D eigenvalue weighted by molar-refractivity contribution is -0.125. The van der Waals surface area contributed by atoms with Crippen LogP contribution in [0.5, 0.6) is 0 Å². The minimum Gasteiger partial charge on any atom is -0.369 e. The van der Waals surface area contributed by atoms with Crippen molar-refractivity contribution < 1.29 is 13.2 Å². The molecule has 7 nitrogen and oxygen atoms in total. The zero-order chi connectivity index (χ0) is 22.5. The number of hydrogen-bond donors (Lipinski definition) is 1. The molecule has 1 aliphatic heterocycles. The molecular weight excluding hydrogens is 448 g/mol. The molecule has 1 amide bonds. The molecule has 0 bridgehead atoms. The van der Waals surface area contributed by atoms with Crippen LogP contribution in [-0.4, -0.2) is 62.2 Å². The fourth-order valence-corrected chi connectivity index (χ4v) is 7.45. The first-order chi connectivity index (χ1) is 15.3. The van der Waals surface area contributed by atoms with Crippen LogP contribution in [0.25, 0.3) is 0 Å². The van der Waals surface area contributed by atoms with E-state index in [2.05, 4.69) is 21.2 Å². The van der Waals surface area contributed by atoms with Gasteiger partial charge in [0.1, 0.15) is 5.54 Å². The summed E-state index contributed by atoms with van der Waals surface area (Å²) in [6.07, 6.45) is 5.17. The molecule has 9 heteroatoms. The molecule has 4 fully saturated rings. The number of carbonyl (C=O) groups is 1. The van der Waals surface area contributed by atoms with E-state index >= 15 is 0 Å². The van der Waals surface area contributed by atoms with Gasteiger partial charge >= 0.3 is 0 Å². The molecule has 32 heavy (non-hydrogen) atoms. The highest BCUT2D eigenvalue weighted by Crippen LogP contribution is 2.39. The lowest BCUT2D eigenvalue weighted by Crippen LogP contribution is -2.47. The summed E-state index contributed by atoms with van der Waals surface area (Å²) in [5.41, 5.74) is 0.233. The molecule has 1 aromatic carbocycles. The summed E-state index contributed by atoms with van der Waals surface area (Å²) in [6.45, 7) is 3.90. The third-order valence-corrected chi connectivity index (χ3v) is 10.2. The number of halogens is 1. The molecule has 172 valence electrons. The average molecular weight is 477 g/mol. The summed E-state index contributed by atoms with van der Waals surface area (Å²) in [6, 6.07) is 8.17. The molecule has 2 unspecified atom stereocenters. The minimum absolute atomic E-state index is 0.154. The molecule has 1 saturated heterocycles. The topological polar surface area (TPSA) is 93.5 Å². The van der Waals surface area contributed by atoms with Gasteiger partial charge in [0.05, 0.1) is 21.2 Å². The van der Waals surface area contributed by atoms with Gasteiger partial charge in [-0.15, -0.1) is 0 Å². The Labute approximate surface area is 194 Å². The van der Waals surface area contributed by atoms with E-state index in [1.54, 1.807) is 12.1 Å². The molecule has 4 aliphatic rings. The Hall–Kier alpha value is -1.82. The number of amides is 1. The molecule has 0 spiro atoms. The molecule has 1 heterocycles. The lowest BCUT2D eigenvalue weighted by Gasteiger charge is -2.36. The van der Waals surface area contributed by atoms with Gasteiger partial charge in [0.25, 0.3) is 0 Å². The Morgan fingerprint density at radius 2 is 1.84 bits per heavy atom. The minimum atomic E-state index is -3.63. The summed E-state index contributed by atoms with van der Waals surface area (Å²) in [7, 11) is -3.63. The number of hydrogen-bond acceptors (Lipinski definition) is 6. The summed E-state index contributed by atoms with van der Waals surface area (Å²) < 4.78 is 26.6. The summed E-state index contributed by atoms with van der Waals surface area (Å²) >= 11 is 6.48. The number of rotatable bonds is 6. The van der Waals surface area contributed by atoms with Gasteiger partial charge in [0, 0.05) is 43.8 Å². The smallest absolute Gasteiger partial charge is 0.224 e. The number of piperazine rings is 1. The van der Waals surface area contributed by atoms with Gasteiger partial charge in [-0.3, -0.25) is 9.69 Å². The van der Waals surface area contributed by atoms with E-state index < -0.39 is 20.6 Å². The van der Waals surface area contributed by atoms with Crippen LogP contribution in [0.2, 0.25) is 5.02 Å². The van der Waals surface area contributed by atoms with E-state index in [9.17, 15) is 18.5 Å². The van der Waals surface area contributed by atoms with Gasteiger partial charge < -0.3 is 10.2 Å². The van der Waals surface area contributed by atoms with Crippen LogP contribution in [0, 0.1) is 17.2 Å². The third kappa shape index (κ3) is 4.23. The highest BCUT2D eigenvalue weighted by atomic mass is 35.5. The van der Waals surface area contributed by atoms with E-state index in [0.717, 1.165) is 37.9 Å². The number of sulfone groups is 1. The van der Waals surface area contributed by atoms with Crippen LogP contribution in [0.4, 0.5) is 5.69 Å². The van der Waals surface area contributed by atoms with Gasteiger partial charge in [0.15, 0.2) is 9.84 Å². The van der Waals surface area contributed by atoms with Crippen molar-refractivity contribution in [2.45, 2.75) is 66.7 Å². The molecular formula is C23H29ClN4O3S. The maximum Gasteiger partial charge on any atom is 0.224 e. The number of nitriles is 1. The highest BCUT2D eigenvalue weighted by molar-refractivity contribution is 7.92. The lowest BCUT2D eigenvalue weighted by atomic mass is 10.1. The van der Waals surface area contributed by atoms with E-state index in [1.165, 1.54) is 12.8 Å². The van der Waals surface area contributed by atoms with Crippen LogP contribution in [0.1, 0.15) is 44.9 Å². The molecule has 3 saturated carbocycles. The van der Waals surface area contributed by atoms with Gasteiger partial charge in [-0.05, 0) is 63.1 Å². The molecule has 1 aromatic rings. The first-order valence-electron chi connectivity index (χ1n) is 11.6. The van der Waals surface area contributed by atoms with E-state index in [-0.39, 0.29) is 28.2 Å². The molecule has 0 aromatic heterocycles. The molecule has 1 N–H and O–H groups in total. The van der Waals surface area contributed by atoms with Crippen LogP contribution in [0.15, 0.2) is 23.1 Å². The first kappa shape index (κ1) is 22.0. The van der Waals surface area contributed by atoms with Crippen molar-refractivity contribution in [2.75, 3.05) is 31.1 Å². The number of nitrogens with zero attached hydrogens (tertiary/aromatic N) is 3. The summed E-state index contributed by atoms with van der Waals surface area (Å²) in [5.74, 6) is -0.574. The Balaban J connectivity index is 1.24. The quantitative estimate of drug-likeness (QED) is 0.678. The van der Waals surface area contributed by atoms with Crippen LogP contribution >= 0.6 is 11.6 Å². The van der Waals surface area contributed by atoms with E-state index in [4.69, 9.17) is 11.6 Å². The Morgan fingerprint density at radius 3 is 2.44 bits per heavy atom. The standard InChI is InChI=1S/C23H29ClN4O3S/c24-20-14-18(28-11-9-27(10-12-28)17-2-3-17)4-6-21(20)32(30,31)19-5-1-16(13-19)22(29)26-23(15-25)7-8-23/h4,6,14,16-17,19H,1-3,5,7-13H2,(H,26,29). The number of nitrogens with one attached hydrogen (secondary N) is 1. The summed E-state index contributed by atoms with van der Waals surface area (Å²) in [4.78, 5) is 17.5. The maximum atomic E-state index is 13.3. The van der Waals surface area contributed by atoms with E-state index in [0.29, 0.717) is 25.7 Å². The zero-order valence-electron chi connectivity index (χ0n) is 18.1. The average Bonchev–Trinajstić information content (AvgIpc) is 3.72. The Kier molecular flexibility index (Phi) is 5.63. The van der Waals surface area contributed by atoms with Crippen molar-refractivity contribution in [1.29, 1.82) is 5.26 Å². The van der Waals surface area contributed by atoms with Gasteiger partial charge in [0.2, 0.25) is 5.91 Å². The monoisotopic (exact) mass is 476 g/mol. The molecule has 3 aliphatic carbocycles. The van der Waals surface area contributed by atoms with Gasteiger partial charge in [-0.25, -0.2) is 8.42 Å². The van der Waals surface area contributed by atoms with Gasteiger partial charge in [-0.1, -0.05) is 11.6 Å². The first-order valence-corrected chi connectivity index (χ1v) is 13.5. The molecule has 5 rings (SSSR count). The fraction of sp³-hybridized carbons (Fsp3) is 0.652. The fourth-order valence-electron chi connectivity index (χ4n) is 5.07. The predicted octanol–water partition coefficient (Wildman–Crippen LogP) is 2.74. The van der Waals surface area contributed by atoms with Crippen molar-refractivity contribution in [3.63, 3.8) is 0 Å². The number of carbonyl (C=O) groups excluding carboxylic acids is 1. The predicted molar refractivity (Wildman–Crippen MR) is 122 cm³/mol. The van der Waals surface area contributed by atoms with Crippen molar-refractivity contribution in [3.8, 4) is 6.07 Å². The third-order valence-electron chi connectivity index (χ3n) is 7.49. The second-order valence-corrected chi connectivity index (χ2v) is 12.3. The second kappa shape index (κ2) is 8.19. The Bertz CT molecular complexity index is 1050. The van der Waals surface area contributed by atoms with Crippen LogP contribution in [0.3, 0.4) is 0 Å². The van der Waals surface area contributed by atoms with Crippen molar-refractivity contribution >= 4 is 33.0 Å². The normalized spacial score (nSPS) is 27.7. The van der Waals surface area contributed by atoms with E-state index in [1.807, 2.05) is 6.07 Å². The van der Waals surface area contributed by atoms with Gasteiger partial charge in [-0.2, -0.15) is 5.26 Å². The zero-order valence-corrected chi connectivity index (χ0v) is 19.7. The molecule has 2 atom stereocenters. The van der Waals surface area contributed by atoms with Crippen molar-refractivity contribution in [2.24, 2.45) is 5.92 Å². The highest BCUT2D eigenvalue weighted by Gasteiger charge is 2.47. The van der Waals surface area contributed by atoms with Crippen molar-refractivity contribution in [3.05, 3.63) is 23.2 Å². The number of benzene rings is 1. The largest absolute Gasteiger partial charge is 0.369 e. The van der Waals surface area contributed by atoms with Crippen LogP contribution in [-0.2, 0) is 14.6 Å². The summed E-state index contributed by atoms with van der Waals surface area (Å²) in [5, 5.41) is 11.6. The Morgan fingerprint density at radius 1 is 1.12 bits per heavy atom. The number of anilines is 1. The SMILES string of the molecule is N#CC1(NC(=O)C2CCC(S(=O)(=O)c3ccc(N4CCN(C5CC5)CC4)cc3Cl)C2)CC1. The van der Waals surface area contributed by atoms with Crippen LogP contribution < -0.4 is 10.2 Å². The molecule has 0 radical (unpaired) electrons. The van der Waals surface area contributed by atoms with Crippen molar-refractivity contribution in [1.82, 2.24) is 10.2 Å². The second-order valence-electron chi connectivity index (χ2n) is 9.73. The maximum absolute atomic E-state index is 13.3.